The predicted molar refractivity (Wildman–Crippen MR) is 141 cm³/mol. The van der Waals surface area contributed by atoms with Crippen LogP contribution < -0.4 is 9.47 Å². The van der Waals surface area contributed by atoms with Gasteiger partial charge in [-0.25, -0.2) is 0 Å². The lowest BCUT2D eigenvalue weighted by atomic mass is 9.65. The van der Waals surface area contributed by atoms with E-state index in [-0.39, 0.29) is 22.4 Å². The van der Waals surface area contributed by atoms with Crippen LogP contribution in [0.15, 0.2) is 47.5 Å². The molecular formula is C31H40O5. The van der Waals surface area contributed by atoms with Crippen molar-refractivity contribution in [2.75, 3.05) is 13.2 Å². The summed E-state index contributed by atoms with van der Waals surface area (Å²) in [5.74, 6) is 2.46. The summed E-state index contributed by atoms with van der Waals surface area (Å²) in [5.41, 5.74) is 2.72. The van der Waals surface area contributed by atoms with Gasteiger partial charge < -0.3 is 14.2 Å². The van der Waals surface area contributed by atoms with E-state index in [4.69, 9.17) is 14.2 Å². The second-order valence-electron chi connectivity index (χ2n) is 11.9. The van der Waals surface area contributed by atoms with Crippen molar-refractivity contribution in [3.63, 3.8) is 0 Å². The molecule has 0 radical (unpaired) electrons. The summed E-state index contributed by atoms with van der Waals surface area (Å²) >= 11 is 0. The zero-order chi connectivity index (χ0) is 26.3. The first-order valence-electron chi connectivity index (χ1n) is 13.2. The second-order valence-corrected chi connectivity index (χ2v) is 11.9. The van der Waals surface area contributed by atoms with Crippen LogP contribution in [0.5, 0.6) is 11.5 Å². The van der Waals surface area contributed by atoms with Crippen LogP contribution in [0.1, 0.15) is 90.7 Å². The van der Waals surface area contributed by atoms with Gasteiger partial charge in [-0.3, -0.25) is 9.59 Å². The maximum atomic E-state index is 13.6. The number of ketones is 2. The molecule has 0 saturated heterocycles. The highest BCUT2D eigenvalue weighted by Gasteiger charge is 2.48. The lowest BCUT2D eigenvalue weighted by Gasteiger charge is -2.42. The Morgan fingerprint density at radius 3 is 2.03 bits per heavy atom. The number of benzene rings is 1. The van der Waals surface area contributed by atoms with Crippen molar-refractivity contribution >= 4 is 11.6 Å². The van der Waals surface area contributed by atoms with Crippen LogP contribution in [0.3, 0.4) is 0 Å². The molecule has 194 valence electrons. The molecule has 3 aliphatic rings. The van der Waals surface area contributed by atoms with Crippen molar-refractivity contribution in [3.8, 4) is 11.5 Å². The summed E-state index contributed by atoms with van der Waals surface area (Å²) in [4.78, 5) is 27.2. The van der Waals surface area contributed by atoms with Crippen molar-refractivity contribution in [1.29, 1.82) is 0 Å². The minimum absolute atomic E-state index is 0.0602. The van der Waals surface area contributed by atoms with Gasteiger partial charge in [-0.15, -0.1) is 6.58 Å². The van der Waals surface area contributed by atoms with E-state index in [1.54, 1.807) is 0 Å². The molecule has 0 amide bonds. The highest BCUT2D eigenvalue weighted by molar-refractivity contribution is 6.06. The Balaban J connectivity index is 1.95. The monoisotopic (exact) mass is 492 g/mol. The maximum Gasteiger partial charge on any atom is 0.164 e. The SMILES string of the molecule is C=CCc1cc(C2C3=C(CC(C)(C)CC3=O)OC3=C2C(=O)CC(C)(C)C3)cc(OCC)c1OCCC. The normalized spacial score (nSPS) is 21.1. The first-order chi connectivity index (χ1) is 17.0. The Hall–Kier alpha value is -2.82. The standard InChI is InChI=1S/C31H40O5/c1-8-11-19-13-20(14-23(34-10-3)29(19)35-12-9-2)26-27-21(32)15-30(4,5)17-24(27)36-25-18-31(6,7)16-22(33)28(25)26/h8,13-14,26H,1,9-12,15-18H2,2-7H3. The van der Waals surface area contributed by atoms with Gasteiger partial charge in [-0.1, -0.05) is 46.8 Å². The van der Waals surface area contributed by atoms with Crippen LogP contribution >= 0.6 is 0 Å². The van der Waals surface area contributed by atoms with E-state index < -0.39 is 5.92 Å². The van der Waals surface area contributed by atoms with Gasteiger partial charge in [-0.2, -0.15) is 0 Å². The van der Waals surface area contributed by atoms with E-state index in [1.807, 2.05) is 19.1 Å². The fourth-order valence-corrected chi connectivity index (χ4v) is 5.80. The molecule has 0 bridgehead atoms. The summed E-state index contributed by atoms with van der Waals surface area (Å²) in [6.07, 6.45) is 5.53. The van der Waals surface area contributed by atoms with E-state index in [9.17, 15) is 9.59 Å². The number of rotatable bonds is 8. The molecule has 1 aromatic rings. The molecule has 5 nitrogen and oxygen atoms in total. The third kappa shape index (κ3) is 5.02. The van der Waals surface area contributed by atoms with Gasteiger partial charge in [-0.05, 0) is 42.2 Å². The lowest BCUT2D eigenvalue weighted by Crippen LogP contribution is -2.37. The largest absolute Gasteiger partial charge is 0.490 e. The Morgan fingerprint density at radius 2 is 1.53 bits per heavy atom. The van der Waals surface area contributed by atoms with Gasteiger partial charge in [0.15, 0.2) is 23.1 Å². The molecule has 0 saturated carbocycles. The number of carbonyl (C=O) groups is 2. The molecule has 4 rings (SSSR count). The van der Waals surface area contributed by atoms with Crippen LogP contribution in [0.25, 0.3) is 0 Å². The molecule has 5 heteroatoms. The lowest BCUT2D eigenvalue weighted by molar-refractivity contribution is -0.120. The molecule has 0 aromatic heterocycles. The van der Waals surface area contributed by atoms with Crippen LogP contribution in [0, 0.1) is 10.8 Å². The zero-order valence-electron chi connectivity index (χ0n) is 22.7. The van der Waals surface area contributed by atoms with Crippen LogP contribution in [-0.2, 0) is 20.7 Å². The first-order valence-corrected chi connectivity index (χ1v) is 13.2. The number of Topliss-reactive ketones (excluding diaryl/α,β-unsaturated/α-hetero) is 2. The molecule has 0 atom stereocenters. The smallest absolute Gasteiger partial charge is 0.164 e. The summed E-state index contributed by atoms with van der Waals surface area (Å²) < 4.78 is 18.6. The fraction of sp³-hybridized carbons (Fsp3) is 0.548. The number of hydrogen-bond donors (Lipinski definition) is 0. The quantitative estimate of drug-likeness (QED) is 0.366. The van der Waals surface area contributed by atoms with Crippen molar-refractivity contribution in [2.24, 2.45) is 10.8 Å². The second kappa shape index (κ2) is 9.91. The van der Waals surface area contributed by atoms with Crippen molar-refractivity contribution in [2.45, 2.75) is 86.0 Å². The van der Waals surface area contributed by atoms with Gasteiger partial charge in [0.05, 0.1) is 13.2 Å². The maximum absolute atomic E-state index is 13.6. The van der Waals surface area contributed by atoms with Crippen molar-refractivity contribution in [1.82, 2.24) is 0 Å². The highest BCUT2D eigenvalue weighted by atomic mass is 16.5. The molecule has 0 N–H and O–H groups in total. The number of allylic oxidation sites excluding steroid dienone is 5. The molecule has 0 unspecified atom stereocenters. The van der Waals surface area contributed by atoms with Crippen LogP contribution in [0.2, 0.25) is 0 Å². The minimum atomic E-state index is -0.459. The summed E-state index contributed by atoms with van der Waals surface area (Å²) in [7, 11) is 0. The van der Waals surface area contributed by atoms with Gasteiger partial charge in [0.1, 0.15) is 11.5 Å². The van der Waals surface area contributed by atoms with Crippen molar-refractivity contribution in [3.05, 3.63) is 58.6 Å². The fourth-order valence-electron chi connectivity index (χ4n) is 5.80. The first kappa shape index (κ1) is 26.2. The predicted octanol–water partition coefficient (Wildman–Crippen LogP) is 7.00. The molecule has 0 fully saturated rings. The van der Waals surface area contributed by atoms with Gasteiger partial charge in [0.2, 0.25) is 0 Å². The summed E-state index contributed by atoms with van der Waals surface area (Å²) in [5, 5.41) is 0. The Morgan fingerprint density at radius 1 is 0.944 bits per heavy atom. The van der Waals surface area contributed by atoms with Gasteiger partial charge in [0.25, 0.3) is 0 Å². The Labute approximate surface area is 215 Å². The summed E-state index contributed by atoms with van der Waals surface area (Å²) in [6, 6.07) is 4.03. The molecule has 1 aliphatic heterocycles. The topological polar surface area (TPSA) is 61.8 Å². The van der Waals surface area contributed by atoms with E-state index in [1.165, 1.54) is 0 Å². The van der Waals surface area contributed by atoms with Gasteiger partial charge in [0, 0.05) is 48.3 Å². The minimum Gasteiger partial charge on any atom is -0.490 e. The molecular weight excluding hydrogens is 452 g/mol. The van der Waals surface area contributed by atoms with Gasteiger partial charge >= 0.3 is 0 Å². The van der Waals surface area contributed by atoms with E-state index >= 15 is 0 Å². The van der Waals surface area contributed by atoms with E-state index in [2.05, 4.69) is 47.3 Å². The molecule has 2 aliphatic carbocycles. The zero-order valence-corrected chi connectivity index (χ0v) is 22.7. The summed E-state index contributed by atoms with van der Waals surface area (Å²) in [6.45, 7) is 17.4. The molecule has 0 spiro atoms. The third-order valence-electron chi connectivity index (χ3n) is 7.18. The van der Waals surface area contributed by atoms with E-state index in [0.29, 0.717) is 68.0 Å². The highest BCUT2D eigenvalue weighted by Crippen LogP contribution is 2.54. The average Bonchev–Trinajstić information content (AvgIpc) is 2.75. The molecule has 1 aromatic carbocycles. The number of carbonyl (C=O) groups excluding carboxylic acids is 2. The van der Waals surface area contributed by atoms with E-state index in [0.717, 1.165) is 29.1 Å². The number of hydrogen-bond acceptors (Lipinski definition) is 5. The number of ether oxygens (including phenoxy) is 3. The molecule has 1 heterocycles. The molecule has 36 heavy (non-hydrogen) atoms. The Kier molecular flexibility index (Phi) is 7.23. The third-order valence-corrected chi connectivity index (χ3v) is 7.18. The van der Waals surface area contributed by atoms with Crippen molar-refractivity contribution < 1.29 is 23.8 Å². The average molecular weight is 493 g/mol. The Bertz CT molecular complexity index is 1100. The van der Waals surface area contributed by atoms with Crippen LogP contribution in [-0.4, -0.2) is 24.8 Å². The van der Waals surface area contributed by atoms with Crippen LogP contribution in [0.4, 0.5) is 0 Å².